The van der Waals surface area contributed by atoms with Crippen molar-refractivity contribution < 1.29 is 17.9 Å². The number of nitrogens with one attached hydrogen (secondary N) is 1. The Morgan fingerprint density at radius 2 is 1.43 bits per heavy atom. The SMILES string of the molecule is Cc1ccc(S(=O)(=O)N(CC(=O)Nc2ccc(Oc3ccccc3)cc2)c2ccc(Cl)cc2)cc1. The molecule has 4 aromatic rings. The first-order valence-electron chi connectivity index (χ1n) is 10.8. The summed E-state index contributed by atoms with van der Waals surface area (Å²) in [6, 6.07) is 28.9. The van der Waals surface area contributed by atoms with Gasteiger partial charge in [-0.15, -0.1) is 0 Å². The average molecular weight is 507 g/mol. The summed E-state index contributed by atoms with van der Waals surface area (Å²) in [5.41, 5.74) is 1.77. The van der Waals surface area contributed by atoms with E-state index in [1.807, 2.05) is 37.3 Å². The molecule has 0 aliphatic heterocycles. The Kier molecular flexibility index (Phi) is 7.39. The van der Waals surface area contributed by atoms with Gasteiger partial charge in [0, 0.05) is 10.7 Å². The van der Waals surface area contributed by atoms with E-state index < -0.39 is 22.5 Å². The maximum Gasteiger partial charge on any atom is 0.264 e. The van der Waals surface area contributed by atoms with Crippen molar-refractivity contribution in [2.45, 2.75) is 11.8 Å². The fourth-order valence-corrected chi connectivity index (χ4v) is 4.87. The summed E-state index contributed by atoms with van der Waals surface area (Å²) in [5.74, 6) is 0.815. The third-order valence-corrected chi connectivity index (χ3v) is 7.17. The average Bonchev–Trinajstić information content (AvgIpc) is 2.85. The summed E-state index contributed by atoms with van der Waals surface area (Å²) in [6.45, 7) is 1.46. The van der Waals surface area contributed by atoms with Gasteiger partial charge in [0.25, 0.3) is 10.0 Å². The molecule has 4 rings (SSSR count). The van der Waals surface area contributed by atoms with Gasteiger partial charge < -0.3 is 10.1 Å². The van der Waals surface area contributed by atoms with Gasteiger partial charge >= 0.3 is 0 Å². The number of ether oxygens (including phenoxy) is 1. The highest BCUT2D eigenvalue weighted by molar-refractivity contribution is 7.92. The Balaban J connectivity index is 1.52. The van der Waals surface area contributed by atoms with Crippen LogP contribution in [0.1, 0.15) is 5.56 Å². The zero-order valence-electron chi connectivity index (χ0n) is 18.9. The molecule has 0 saturated heterocycles. The second kappa shape index (κ2) is 10.6. The van der Waals surface area contributed by atoms with Gasteiger partial charge in [0.1, 0.15) is 18.0 Å². The molecule has 0 bridgehead atoms. The van der Waals surface area contributed by atoms with Crippen LogP contribution < -0.4 is 14.4 Å². The molecule has 0 fully saturated rings. The Hall–Kier alpha value is -3.81. The summed E-state index contributed by atoms with van der Waals surface area (Å²) in [6.07, 6.45) is 0. The lowest BCUT2D eigenvalue weighted by Crippen LogP contribution is -2.38. The smallest absolute Gasteiger partial charge is 0.264 e. The number of benzene rings is 4. The minimum Gasteiger partial charge on any atom is -0.457 e. The summed E-state index contributed by atoms with van der Waals surface area (Å²) in [5, 5.41) is 3.21. The van der Waals surface area contributed by atoms with E-state index in [0.29, 0.717) is 27.9 Å². The first kappa shape index (κ1) is 24.3. The molecule has 0 heterocycles. The number of hydrogen-bond acceptors (Lipinski definition) is 4. The normalized spacial score (nSPS) is 11.0. The first-order valence-corrected chi connectivity index (χ1v) is 12.6. The van der Waals surface area contributed by atoms with E-state index in [1.54, 1.807) is 60.7 Å². The van der Waals surface area contributed by atoms with Gasteiger partial charge in [-0.3, -0.25) is 9.10 Å². The molecule has 35 heavy (non-hydrogen) atoms. The molecule has 6 nitrogen and oxygen atoms in total. The second-order valence-electron chi connectivity index (χ2n) is 7.79. The molecule has 8 heteroatoms. The summed E-state index contributed by atoms with van der Waals surface area (Å²) in [7, 11) is -4.00. The lowest BCUT2D eigenvalue weighted by atomic mass is 10.2. The highest BCUT2D eigenvalue weighted by Gasteiger charge is 2.27. The number of carbonyl (C=O) groups is 1. The molecule has 0 atom stereocenters. The van der Waals surface area contributed by atoms with Gasteiger partial charge in [0.2, 0.25) is 5.91 Å². The van der Waals surface area contributed by atoms with Crippen LogP contribution in [0.2, 0.25) is 5.02 Å². The molecular weight excluding hydrogens is 484 g/mol. The monoisotopic (exact) mass is 506 g/mol. The number of anilines is 2. The maximum absolute atomic E-state index is 13.4. The Labute approximate surface area is 209 Å². The van der Waals surface area contributed by atoms with Crippen molar-refractivity contribution in [2.75, 3.05) is 16.2 Å². The van der Waals surface area contributed by atoms with Gasteiger partial charge in [0.05, 0.1) is 10.6 Å². The number of nitrogens with zero attached hydrogens (tertiary/aromatic N) is 1. The Morgan fingerprint density at radius 3 is 2.06 bits per heavy atom. The van der Waals surface area contributed by atoms with E-state index in [9.17, 15) is 13.2 Å². The molecule has 0 saturated carbocycles. The van der Waals surface area contributed by atoms with E-state index in [1.165, 1.54) is 12.1 Å². The topological polar surface area (TPSA) is 75.7 Å². The third-order valence-electron chi connectivity index (χ3n) is 5.13. The van der Waals surface area contributed by atoms with E-state index in [-0.39, 0.29) is 4.90 Å². The van der Waals surface area contributed by atoms with Crippen molar-refractivity contribution in [3.8, 4) is 11.5 Å². The molecule has 0 aromatic heterocycles. The summed E-state index contributed by atoms with van der Waals surface area (Å²) in [4.78, 5) is 13.0. The number of para-hydroxylation sites is 1. The molecule has 0 unspecified atom stereocenters. The minimum atomic E-state index is -4.00. The van der Waals surface area contributed by atoms with Crippen molar-refractivity contribution in [2.24, 2.45) is 0 Å². The van der Waals surface area contributed by atoms with E-state index in [0.717, 1.165) is 9.87 Å². The van der Waals surface area contributed by atoms with E-state index in [4.69, 9.17) is 16.3 Å². The molecule has 0 radical (unpaired) electrons. The number of amides is 1. The predicted molar refractivity (Wildman–Crippen MR) is 139 cm³/mol. The van der Waals surface area contributed by atoms with Crippen LogP contribution in [-0.2, 0) is 14.8 Å². The number of sulfonamides is 1. The Bertz CT molecular complexity index is 1390. The zero-order valence-corrected chi connectivity index (χ0v) is 20.5. The minimum absolute atomic E-state index is 0.0910. The zero-order chi connectivity index (χ0) is 24.8. The molecule has 4 aromatic carbocycles. The van der Waals surface area contributed by atoms with Crippen LogP contribution in [-0.4, -0.2) is 20.9 Å². The lowest BCUT2D eigenvalue weighted by Gasteiger charge is -2.24. The van der Waals surface area contributed by atoms with Crippen molar-refractivity contribution in [1.82, 2.24) is 0 Å². The van der Waals surface area contributed by atoms with Crippen molar-refractivity contribution in [3.05, 3.63) is 114 Å². The van der Waals surface area contributed by atoms with Gasteiger partial charge in [-0.05, 0) is 79.7 Å². The molecule has 1 N–H and O–H groups in total. The molecule has 178 valence electrons. The van der Waals surface area contributed by atoms with Gasteiger partial charge in [-0.1, -0.05) is 47.5 Å². The number of halogens is 1. The van der Waals surface area contributed by atoms with Crippen LogP contribution in [0, 0.1) is 6.92 Å². The van der Waals surface area contributed by atoms with Crippen molar-refractivity contribution >= 4 is 38.9 Å². The van der Waals surface area contributed by atoms with E-state index >= 15 is 0 Å². The molecular formula is C27H23ClN2O4S. The van der Waals surface area contributed by atoms with Gasteiger partial charge in [0.15, 0.2) is 0 Å². The van der Waals surface area contributed by atoms with Crippen LogP contribution in [0.25, 0.3) is 0 Å². The fraction of sp³-hybridized carbons (Fsp3) is 0.0741. The lowest BCUT2D eigenvalue weighted by molar-refractivity contribution is -0.114. The van der Waals surface area contributed by atoms with Crippen LogP contribution in [0.5, 0.6) is 11.5 Å². The summed E-state index contributed by atoms with van der Waals surface area (Å²) < 4.78 is 33.7. The molecule has 0 spiro atoms. The largest absolute Gasteiger partial charge is 0.457 e. The third kappa shape index (κ3) is 6.20. The fourth-order valence-electron chi connectivity index (χ4n) is 3.32. The van der Waals surface area contributed by atoms with Crippen LogP contribution in [0.15, 0.2) is 108 Å². The van der Waals surface area contributed by atoms with E-state index in [2.05, 4.69) is 5.32 Å². The molecule has 0 aliphatic carbocycles. The van der Waals surface area contributed by atoms with Crippen molar-refractivity contribution in [1.29, 1.82) is 0 Å². The Morgan fingerprint density at radius 1 is 0.829 bits per heavy atom. The first-order chi connectivity index (χ1) is 16.8. The van der Waals surface area contributed by atoms with Crippen LogP contribution in [0.4, 0.5) is 11.4 Å². The number of rotatable bonds is 8. The second-order valence-corrected chi connectivity index (χ2v) is 10.1. The number of hydrogen-bond donors (Lipinski definition) is 1. The number of aryl methyl sites for hydroxylation is 1. The van der Waals surface area contributed by atoms with Crippen molar-refractivity contribution in [3.63, 3.8) is 0 Å². The number of carbonyl (C=O) groups excluding carboxylic acids is 1. The molecule has 1 amide bonds. The predicted octanol–water partition coefficient (Wildman–Crippen LogP) is 6.27. The van der Waals surface area contributed by atoms with Gasteiger partial charge in [-0.25, -0.2) is 8.42 Å². The quantitative estimate of drug-likeness (QED) is 0.305. The standard InChI is InChI=1S/C27H23ClN2O4S/c1-20-7-17-26(18-8-20)35(32,33)30(23-13-9-21(28)10-14-23)19-27(31)29-22-11-15-25(16-12-22)34-24-5-3-2-4-6-24/h2-18H,19H2,1H3,(H,29,31). The van der Waals surface area contributed by atoms with Crippen LogP contribution in [0.3, 0.4) is 0 Å². The highest BCUT2D eigenvalue weighted by Crippen LogP contribution is 2.26. The summed E-state index contributed by atoms with van der Waals surface area (Å²) >= 11 is 5.98. The highest BCUT2D eigenvalue weighted by atomic mass is 35.5. The van der Waals surface area contributed by atoms with Crippen LogP contribution >= 0.6 is 11.6 Å². The molecule has 0 aliphatic rings. The van der Waals surface area contributed by atoms with Gasteiger partial charge in [-0.2, -0.15) is 0 Å². The maximum atomic E-state index is 13.4.